The zero-order chi connectivity index (χ0) is 13.1. The number of anilines is 1. The highest BCUT2D eigenvalue weighted by atomic mass is 79.9. The van der Waals surface area contributed by atoms with Gasteiger partial charge in [0.25, 0.3) is 5.91 Å². The Kier molecular flexibility index (Phi) is 4.22. The molecule has 18 heavy (non-hydrogen) atoms. The summed E-state index contributed by atoms with van der Waals surface area (Å²) in [6.07, 6.45) is 1.52. The number of benzene rings is 1. The molecule has 0 unspecified atom stereocenters. The minimum absolute atomic E-state index is 0.154. The molecule has 1 aromatic heterocycles. The summed E-state index contributed by atoms with van der Waals surface area (Å²) in [6.45, 7) is 0. The molecule has 1 N–H and O–H groups in total. The highest BCUT2D eigenvalue weighted by molar-refractivity contribution is 9.10. The molecule has 1 aromatic carbocycles. The third kappa shape index (κ3) is 3.02. The second kappa shape index (κ2) is 5.69. The fourth-order valence-corrected chi connectivity index (χ4v) is 2.07. The third-order valence-electron chi connectivity index (χ3n) is 2.18. The number of hydrogen-bond donors (Lipinski definition) is 1. The van der Waals surface area contributed by atoms with Gasteiger partial charge < -0.3 is 5.32 Å². The second-order valence-corrected chi connectivity index (χ2v) is 5.10. The Morgan fingerprint density at radius 2 is 2.06 bits per heavy atom. The number of nitrogens with one attached hydrogen (secondary N) is 1. The second-order valence-electron chi connectivity index (χ2n) is 3.42. The number of carbonyl (C=O) groups is 1. The molecule has 0 saturated heterocycles. The fraction of sp³-hybridized carbons (Fsp3) is 0. The lowest BCUT2D eigenvalue weighted by Gasteiger charge is -2.08. The van der Waals surface area contributed by atoms with Crippen LogP contribution < -0.4 is 5.32 Å². The first kappa shape index (κ1) is 13.3. The summed E-state index contributed by atoms with van der Waals surface area (Å²) in [7, 11) is 0. The number of amides is 1. The number of halogens is 3. The van der Waals surface area contributed by atoms with Gasteiger partial charge in [0.2, 0.25) is 0 Å². The minimum atomic E-state index is -0.354. The molecule has 3 nitrogen and oxygen atoms in total. The van der Waals surface area contributed by atoms with Crippen molar-refractivity contribution in [2.45, 2.75) is 0 Å². The summed E-state index contributed by atoms with van der Waals surface area (Å²) in [4.78, 5) is 15.8. The lowest BCUT2D eigenvalue weighted by Crippen LogP contribution is -2.13. The molecule has 0 aliphatic rings. The van der Waals surface area contributed by atoms with Crippen LogP contribution in [0.15, 0.2) is 41.0 Å². The predicted octanol–water partition coefficient (Wildman–Crippen LogP) is 4.40. The van der Waals surface area contributed by atoms with Gasteiger partial charge in [-0.15, -0.1) is 0 Å². The van der Waals surface area contributed by atoms with Crippen molar-refractivity contribution in [3.63, 3.8) is 0 Å². The number of hydrogen-bond acceptors (Lipinski definition) is 2. The van der Waals surface area contributed by atoms with E-state index in [2.05, 4.69) is 26.2 Å². The van der Waals surface area contributed by atoms with E-state index in [0.717, 1.165) is 4.47 Å². The summed E-state index contributed by atoms with van der Waals surface area (Å²) in [5, 5.41) is 3.29. The van der Waals surface area contributed by atoms with Gasteiger partial charge in [0, 0.05) is 10.7 Å². The number of carbonyl (C=O) groups excluding carboxylic acids is 1. The van der Waals surface area contributed by atoms with Crippen molar-refractivity contribution in [3.05, 3.63) is 56.7 Å². The first-order valence-corrected chi connectivity index (χ1v) is 6.50. The van der Waals surface area contributed by atoms with E-state index in [1.807, 2.05) is 0 Å². The Hall–Kier alpha value is -1.10. The number of rotatable bonds is 2. The maximum atomic E-state index is 12.0. The van der Waals surface area contributed by atoms with Gasteiger partial charge >= 0.3 is 0 Å². The van der Waals surface area contributed by atoms with Crippen molar-refractivity contribution in [1.29, 1.82) is 0 Å². The zero-order valence-corrected chi connectivity index (χ0v) is 12.1. The lowest BCUT2D eigenvalue weighted by atomic mass is 10.2. The quantitative estimate of drug-likeness (QED) is 0.819. The zero-order valence-electron chi connectivity index (χ0n) is 8.95. The SMILES string of the molecule is O=C(Nc1cc(Br)ccc1Cl)c1cccnc1Cl. The molecular formula is C12H7BrCl2N2O. The molecule has 0 aliphatic heterocycles. The number of nitrogens with zero attached hydrogens (tertiary/aromatic N) is 1. The van der Waals surface area contributed by atoms with Gasteiger partial charge in [-0.1, -0.05) is 39.1 Å². The van der Waals surface area contributed by atoms with E-state index in [9.17, 15) is 4.79 Å². The van der Waals surface area contributed by atoms with Crippen LogP contribution in [0.25, 0.3) is 0 Å². The van der Waals surface area contributed by atoms with E-state index in [1.165, 1.54) is 6.20 Å². The van der Waals surface area contributed by atoms with E-state index in [1.54, 1.807) is 30.3 Å². The van der Waals surface area contributed by atoms with Crippen LogP contribution in [0.5, 0.6) is 0 Å². The van der Waals surface area contributed by atoms with E-state index in [4.69, 9.17) is 23.2 Å². The smallest absolute Gasteiger partial charge is 0.258 e. The van der Waals surface area contributed by atoms with Crippen LogP contribution >= 0.6 is 39.1 Å². The molecule has 0 saturated carbocycles. The molecule has 6 heteroatoms. The molecule has 0 aliphatic carbocycles. The Bertz CT molecular complexity index is 604. The third-order valence-corrected chi connectivity index (χ3v) is 3.30. The Balaban J connectivity index is 2.27. The van der Waals surface area contributed by atoms with Crippen LogP contribution in [0.4, 0.5) is 5.69 Å². The molecule has 0 spiro atoms. The normalized spacial score (nSPS) is 10.2. The Morgan fingerprint density at radius 3 is 2.78 bits per heavy atom. The van der Waals surface area contributed by atoms with E-state index in [0.29, 0.717) is 16.3 Å². The molecule has 1 heterocycles. The maximum Gasteiger partial charge on any atom is 0.258 e. The minimum Gasteiger partial charge on any atom is -0.320 e. The Morgan fingerprint density at radius 1 is 1.28 bits per heavy atom. The van der Waals surface area contributed by atoms with Crippen molar-refractivity contribution < 1.29 is 4.79 Å². The molecule has 1 amide bonds. The molecule has 0 radical (unpaired) electrons. The maximum absolute atomic E-state index is 12.0. The van der Waals surface area contributed by atoms with E-state index >= 15 is 0 Å². The lowest BCUT2D eigenvalue weighted by molar-refractivity contribution is 0.102. The van der Waals surface area contributed by atoms with Crippen LogP contribution in [0.3, 0.4) is 0 Å². The average Bonchev–Trinajstić information content (AvgIpc) is 2.34. The first-order valence-electron chi connectivity index (χ1n) is 4.95. The molecule has 0 atom stereocenters. The van der Waals surface area contributed by atoms with Crippen LogP contribution in [-0.2, 0) is 0 Å². The van der Waals surface area contributed by atoms with Gasteiger partial charge in [0.05, 0.1) is 16.3 Å². The first-order chi connectivity index (χ1) is 8.58. The standard InChI is InChI=1S/C12H7BrCl2N2O/c13-7-3-4-9(14)10(6-7)17-12(18)8-2-1-5-16-11(8)15/h1-6H,(H,17,18). The monoisotopic (exact) mass is 344 g/mol. The molecule has 2 aromatic rings. The van der Waals surface area contributed by atoms with Gasteiger partial charge in [0.15, 0.2) is 0 Å². The fourth-order valence-electron chi connectivity index (χ4n) is 1.34. The summed E-state index contributed by atoms with van der Waals surface area (Å²) < 4.78 is 0.819. The van der Waals surface area contributed by atoms with Crippen molar-refractivity contribution in [2.75, 3.05) is 5.32 Å². The Labute approximate surface area is 122 Å². The largest absolute Gasteiger partial charge is 0.320 e. The topological polar surface area (TPSA) is 42.0 Å². The van der Waals surface area contributed by atoms with Crippen LogP contribution in [-0.4, -0.2) is 10.9 Å². The van der Waals surface area contributed by atoms with E-state index < -0.39 is 0 Å². The highest BCUT2D eigenvalue weighted by Crippen LogP contribution is 2.26. The number of aromatic nitrogens is 1. The highest BCUT2D eigenvalue weighted by Gasteiger charge is 2.12. The predicted molar refractivity (Wildman–Crippen MR) is 76.4 cm³/mol. The molecule has 2 rings (SSSR count). The van der Waals surface area contributed by atoms with E-state index in [-0.39, 0.29) is 11.1 Å². The van der Waals surface area contributed by atoms with Gasteiger partial charge in [-0.2, -0.15) is 0 Å². The summed E-state index contributed by atoms with van der Waals surface area (Å²) >= 11 is 15.1. The molecule has 0 bridgehead atoms. The van der Waals surface area contributed by atoms with Crippen LogP contribution in [0.1, 0.15) is 10.4 Å². The van der Waals surface area contributed by atoms with Gasteiger partial charge in [-0.05, 0) is 30.3 Å². The van der Waals surface area contributed by atoms with Gasteiger partial charge in [-0.3, -0.25) is 4.79 Å². The van der Waals surface area contributed by atoms with Crippen molar-refractivity contribution >= 4 is 50.7 Å². The molecule has 92 valence electrons. The van der Waals surface area contributed by atoms with Crippen molar-refractivity contribution in [3.8, 4) is 0 Å². The van der Waals surface area contributed by atoms with Crippen molar-refractivity contribution in [1.82, 2.24) is 4.98 Å². The van der Waals surface area contributed by atoms with Crippen molar-refractivity contribution in [2.24, 2.45) is 0 Å². The molecule has 0 fully saturated rings. The van der Waals surface area contributed by atoms with Gasteiger partial charge in [0.1, 0.15) is 5.15 Å². The summed E-state index contributed by atoms with van der Waals surface area (Å²) in [5.74, 6) is -0.354. The number of pyridine rings is 1. The average molecular weight is 346 g/mol. The molecular weight excluding hydrogens is 339 g/mol. The van der Waals surface area contributed by atoms with Crippen LogP contribution in [0, 0.1) is 0 Å². The van der Waals surface area contributed by atoms with Crippen LogP contribution in [0.2, 0.25) is 10.2 Å². The van der Waals surface area contributed by atoms with Gasteiger partial charge in [-0.25, -0.2) is 4.98 Å². The summed E-state index contributed by atoms with van der Waals surface area (Å²) in [5.41, 5.74) is 0.811. The summed E-state index contributed by atoms with van der Waals surface area (Å²) in [6, 6.07) is 8.42.